The average molecular weight is 330 g/mol. The SMILES string of the molecule is Cc1cnccc1N1CCN(CC2CCC(=O)N(C(C)C)C2)CC1. The molecule has 0 spiro atoms. The van der Waals surface area contributed by atoms with Gasteiger partial charge in [0, 0.05) is 69.8 Å². The molecule has 132 valence electrons. The Hall–Kier alpha value is -1.62. The fraction of sp³-hybridized carbons (Fsp3) is 0.684. The second kappa shape index (κ2) is 7.51. The summed E-state index contributed by atoms with van der Waals surface area (Å²) in [7, 11) is 0. The van der Waals surface area contributed by atoms with Crippen LogP contribution in [0.3, 0.4) is 0 Å². The lowest BCUT2D eigenvalue weighted by Crippen LogP contribution is -2.51. The zero-order chi connectivity index (χ0) is 17.1. The number of hydrogen-bond acceptors (Lipinski definition) is 4. The van der Waals surface area contributed by atoms with E-state index in [-0.39, 0.29) is 0 Å². The van der Waals surface area contributed by atoms with Crippen molar-refractivity contribution in [2.24, 2.45) is 5.92 Å². The first-order valence-corrected chi connectivity index (χ1v) is 9.22. The molecule has 2 aliphatic rings. The normalized spacial score (nSPS) is 23.2. The third-order valence-corrected chi connectivity index (χ3v) is 5.39. The minimum atomic E-state index is 0.326. The van der Waals surface area contributed by atoms with Gasteiger partial charge in [0.25, 0.3) is 0 Å². The third kappa shape index (κ3) is 3.89. The van der Waals surface area contributed by atoms with Crippen LogP contribution in [0.25, 0.3) is 0 Å². The van der Waals surface area contributed by atoms with Crippen molar-refractivity contribution in [2.75, 3.05) is 44.2 Å². The van der Waals surface area contributed by atoms with Gasteiger partial charge in [0.15, 0.2) is 0 Å². The maximum absolute atomic E-state index is 12.0. The van der Waals surface area contributed by atoms with Gasteiger partial charge in [-0.15, -0.1) is 0 Å². The molecule has 5 nitrogen and oxygen atoms in total. The molecular formula is C19H30N4O. The molecule has 2 fully saturated rings. The van der Waals surface area contributed by atoms with E-state index < -0.39 is 0 Å². The first-order valence-electron chi connectivity index (χ1n) is 9.22. The minimum absolute atomic E-state index is 0.326. The Balaban J connectivity index is 1.51. The zero-order valence-corrected chi connectivity index (χ0v) is 15.2. The topological polar surface area (TPSA) is 39.7 Å². The molecule has 0 N–H and O–H groups in total. The lowest BCUT2D eigenvalue weighted by molar-refractivity contribution is -0.136. The second-order valence-corrected chi connectivity index (χ2v) is 7.49. The van der Waals surface area contributed by atoms with Crippen LogP contribution in [-0.4, -0.2) is 66.0 Å². The Labute approximate surface area is 145 Å². The summed E-state index contributed by atoms with van der Waals surface area (Å²) in [5, 5.41) is 0. The van der Waals surface area contributed by atoms with Gasteiger partial charge in [0.05, 0.1) is 0 Å². The average Bonchev–Trinajstić information content (AvgIpc) is 2.58. The van der Waals surface area contributed by atoms with E-state index in [0.717, 1.165) is 52.1 Å². The number of aromatic nitrogens is 1. The maximum Gasteiger partial charge on any atom is 0.222 e. The van der Waals surface area contributed by atoms with E-state index in [0.29, 0.717) is 17.9 Å². The van der Waals surface area contributed by atoms with E-state index in [1.165, 1.54) is 11.3 Å². The van der Waals surface area contributed by atoms with Gasteiger partial charge in [-0.25, -0.2) is 0 Å². The number of aryl methyl sites for hydroxylation is 1. The van der Waals surface area contributed by atoms with Crippen molar-refractivity contribution >= 4 is 11.6 Å². The molecule has 3 rings (SSSR count). The summed E-state index contributed by atoms with van der Waals surface area (Å²) < 4.78 is 0. The maximum atomic E-state index is 12.0. The van der Waals surface area contributed by atoms with Gasteiger partial charge in [-0.2, -0.15) is 0 Å². The quantitative estimate of drug-likeness (QED) is 0.848. The van der Waals surface area contributed by atoms with Crippen LogP contribution in [-0.2, 0) is 4.79 Å². The Morgan fingerprint density at radius 3 is 2.67 bits per heavy atom. The highest BCUT2D eigenvalue weighted by Gasteiger charge is 2.29. The first kappa shape index (κ1) is 17.2. The van der Waals surface area contributed by atoms with Crippen LogP contribution >= 0.6 is 0 Å². The highest BCUT2D eigenvalue weighted by Crippen LogP contribution is 2.23. The van der Waals surface area contributed by atoms with Gasteiger partial charge in [0.1, 0.15) is 0 Å². The van der Waals surface area contributed by atoms with Gasteiger partial charge in [-0.1, -0.05) is 0 Å². The predicted molar refractivity (Wildman–Crippen MR) is 97.2 cm³/mol. The molecule has 0 bridgehead atoms. The smallest absolute Gasteiger partial charge is 0.222 e. The standard InChI is InChI=1S/C19H30N4O/c1-15(2)23-14-17(4-5-19(23)24)13-21-8-10-22(11-9-21)18-6-7-20-12-16(18)3/h6-7,12,15,17H,4-5,8-11,13-14H2,1-3H3. The molecule has 24 heavy (non-hydrogen) atoms. The van der Waals surface area contributed by atoms with E-state index in [9.17, 15) is 4.79 Å². The molecule has 1 unspecified atom stereocenters. The van der Waals surface area contributed by atoms with Crippen molar-refractivity contribution in [3.63, 3.8) is 0 Å². The molecule has 0 radical (unpaired) electrons. The van der Waals surface area contributed by atoms with Crippen LogP contribution in [0.4, 0.5) is 5.69 Å². The molecule has 0 aromatic carbocycles. The molecule has 5 heteroatoms. The van der Waals surface area contributed by atoms with E-state index >= 15 is 0 Å². The highest BCUT2D eigenvalue weighted by atomic mass is 16.2. The summed E-state index contributed by atoms with van der Waals surface area (Å²) in [5.41, 5.74) is 2.57. The van der Waals surface area contributed by atoms with E-state index in [1.807, 2.05) is 12.4 Å². The summed E-state index contributed by atoms with van der Waals surface area (Å²) in [6, 6.07) is 2.45. The monoisotopic (exact) mass is 330 g/mol. The van der Waals surface area contributed by atoms with Crippen molar-refractivity contribution in [1.82, 2.24) is 14.8 Å². The number of amides is 1. The molecule has 3 heterocycles. The summed E-state index contributed by atoms with van der Waals surface area (Å²) in [6.07, 6.45) is 5.60. The molecule has 2 aliphatic heterocycles. The van der Waals surface area contributed by atoms with Crippen LogP contribution < -0.4 is 4.90 Å². The third-order valence-electron chi connectivity index (χ3n) is 5.39. The van der Waals surface area contributed by atoms with Gasteiger partial charge in [-0.05, 0) is 44.7 Å². The predicted octanol–water partition coefficient (Wildman–Crippen LogP) is 2.16. The Morgan fingerprint density at radius 1 is 1.25 bits per heavy atom. The van der Waals surface area contributed by atoms with Gasteiger partial charge >= 0.3 is 0 Å². The molecule has 0 saturated carbocycles. The van der Waals surface area contributed by atoms with Crippen molar-refractivity contribution < 1.29 is 4.79 Å². The molecule has 0 aliphatic carbocycles. The number of piperidine rings is 1. The van der Waals surface area contributed by atoms with Crippen LogP contribution in [0.2, 0.25) is 0 Å². The molecule has 1 aromatic rings. The van der Waals surface area contributed by atoms with E-state index in [1.54, 1.807) is 0 Å². The van der Waals surface area contributed by atoms with Crippen LogP contribution in [0, 0.1) is 12.8 Å². The number of carbonyl (C=O) groups excluding carboxylic acids is 1. The Bertz CT molecular complexity index is 566. The molecule has 2 saturated heterocycles. The van der Waals surface area contributed by atoms with Gasteiger partial charge < -0.3 is 9.80 Å². The summed E-state index contributed by atoms with van der Waals surface area (Å²) in [4.78, 5) is 23.3. The van der Waals surface area contributed by atoms with E-state index in [2.05, 4.69) is 46.5 Å². The fourth-order valence-corrected chi connectivity index (χ4v) is 3.95. The Morgan fingerprint density at radius 2 is 2.00 bits per heavy atom. The van der Waals surface area contributed by atoms with Crippen molar-refractivity contribution in [3.8, 4) is 0 Å². The van der Waals surface area contributed by atoms with Gasteiger partial charge in [-0.3, -0.25) is 14.7 Å². The molecule has 1 atom stereocenters. The number of carbonyl (C=O) groups is 1. The van der Waals surface area contributed by atoms with Crippen LogP contribution in [0.15, 0.2) is 18.5 Å². The highest BCUT2D eigenvalue weighted by molar-refractivity contribution is 5.77. The van der Waals surface area contributed by atoms with Crippen LogP contribution in [0.1, 0.15) is 32.3 Å². The fourth-order valence-electron chi connectivity index (χ4n) is 3.95. The second-order valence-electron chi connectivity index (χ2n) is 7.49. The Kier molecular flexibility index (Phi) is 5.39. The lowest BCUT2D eigenvalue weighted by atomic mass is 9.95. The lowest BCUT2D eigenvalue weighted by Gasteiger charge is -2.41. The number of nitrogens with zero attached hydrogens (tertiary/aromatic N) is 4. The van der Waals surface area contributed by atoms with E-state index in [4.69, 9.17) is 0 Å². The number of piperazine rings is 1. The summed E-state index contributed by atoms with van der Waals surface area (Å²) in [6.45, 7) is 12.8. The van der Waals surface area contributed by atoms with Gasteiger partial charge in [0.2, 0.25) is 5.91 Å². The van der Waals surface area contributed by atoms with Crippen LogP contribution in [0.5, 0.6) is 0 Å². The largest absolute Gasteiger partial charge is 0.369 e. The van der Waals surface area contributed by atoms with Crippen molar-refractivity contribution in [1.29, 1.82) is 0 Å². The number of rotatable bonds is 4. The number of pyridine rings is 1. The first-order chi connectivity index (χ1) is 11.5. The zero-order valence-electron chi connectivity index (χ0n) is 15.2. The summed E-state index contributed by atoms with van der Waals surface area (Å²) in [5.74, 6) is 0.957. The number of hydrogen-bond donors (Lipinski definition) is 0. The molecular weight excluding hydrogens is 300 g/mol. The molecule has 1 amide bonds. The minimum Gasteiger partial charge on any atom is -0.369 e. The molecule has 1 aromatic heterocycles. The van der Waals surface area contributed by atoms with Crippen molar-refractivity contribution in [3.05, 3.63) is 24.0 Å². The number of likely N-dealkylation sites (tertiary alicyclic amines) is 1. The number of anilines is 1. The summed E-state index contributed by atoms with van der Waals surface area (Å²) >= 11 is 0. The van der Waals surface area contributed by atoms with Crippen molar-refractivity contribution in [2.45, 2.75) is 39.7 Å².